The minimum atomic E-state index is -0.0370. The maximum atomic E-state index is 8.30. The second-order valence-electron chi connectivity index (χ2n) is 1.78. The number of rotatable bonds is 4. The molecular weight excluding hydrogens is 106 g/mol. The zero-order valence-electron chi connectivity index (χ0n) is 4.88. The zero-order chi connectivity index (χ0) is 6.41. The van der Waals surface area contributed by atoms with E-state index in [0.717, 1.165) is 0 Å². The largest absolute Gasteiger partial charge is 0.396 e. The number of nitrogens with two attached hydrogens (primary N) is 1. The van der Waals surface area contributed by atoms with Gasteiger partial charge >= 0.3 is 0 Å². The summed E-state index contributed by atoms with van der Waals surface area (Å²) in [7, 11) is 0. The number of aliphatic hydroxyl groups is 2. The first-order chi connectivity index (χ1) is 3.81. The molecule has 0 aliphatic carbocycles. The van der Waals surface area contributed by atoms with Crippen molar-refractivity contribution in [1.82, 2.24) is 0 Å². The van der Waals surface area contributed by atoms with E-state index >= 15 is 0 Å². The van der Waals surface area contributed by atoms with Gasteiger partial charge in [-0.15, -0.1) is 0 Å². The second kappa shape index (κ2) is 5.03. The Morgan fingerprint density at radius 3 is 1.75 bits per heavy atom. The number of hydrogen-bond acceptors (Lipinski definition) is 3. The van der Waals surface area contributed by atoms with Gasteiger partial charge in [-0.1, -0.05) is 0 Å². The molecule has 0 aromatic carbocycles. The number of hydrogen-bond donors (Lipinski definition) is 3. The van der Waals surface area contributed by atoms with Crippen LogP contribution in [0.5, 0.6) is 0 Å². The van der Waals surface area contributed by atoms with Gasteiger partial charge in [0.25, 0.3) is 0 Å². The summed E-state index contributed by atoms with van der Waals surface area (Å²) in [5, 5.41) is 16.6. The summed E-state index contributed by atoms with van der Waals surface area (Å²) < 4.78 is 0. The Hall–Kier alpha value is -0.120. The van der Waals surface area contributed by atoms with Crippen LogP contribution in [0.3, 0.4) is 0 Å². The molecule has 4 N–H and O–H groups in total. The van der Waals surface area contributed by atoms with Gasteiger partial charge in [0, 0.05) is 19.3 Å². The van der Waals surface area contributed by atoms with Gasteiger partial charge in [0.15, 0.2) is 0 Å². The van der Waals surface area contributed by atoms with E-state index in [4.69, 9.17) is 15.9 Å². The molecule has 0 atom stereocenters. The predicted molar refractivity (Wildman–Crippen MR) is 31.4 cm³/mol. The highest BCUT2D eigenvalue weighted by atomic mass is 16.3. The second-order valence-corrected chi connectivity index (χ2v) is 1.78. The fraction of sp³-hybridized carbons (Fsp3) is 1.00. The van der Waals surface area contributed by atoms with E-state index in [2.05, 4.69) is 0 Å². The summed E-state index contributed by atoms with van der Waals surface area (Å²) in [6, 6.07) is -0.0370. The zero-order valence-corrected chi connectivity index (χ0v) is 4.88. The molecule has 3 heteroatoms. The summed E-state index contributed by atoms with van der Waals surface area (Å²) in [4.78, 5) is 0. The van der Waals surface area contributed by atoms with Crippen LogP contribution in [0.25, 0.3) is 0 Å². The molecule has 50 valence electrons. The van der Waals surface area contributed by atoms with Gasteiger partial charge in [-0.25, -0.2) is 0 Å². The quantitative estimate of drug-likeness (QED) is 0.448. The molecule has 0 unspecified atom stereocenters. The SMILES string of the molecule is NC(CCO)CCO. The molecule has 0 aliphatic heterocycles. The van der Waals surface area contributed by atoms with Crippen molar-refractivity contribution in [2.24, 2.45) is 5.73 Å². The van der Waals surface area contributed by atoms with Crippen LogP contribution in [0.15, 0.2) is 0 Å². The van der Waals surface area contributed by atoms with Gasteiger partial charge in [0.2, 0.25) is 0 Å². The molecule has 8 heavy (non-hydrogen) atoms. The van der Waals surface area contributed by atoms with Crippen LogP contribution >= 0.6 is 0 Å². The van der Waals surface area contributed by atoms with Crippen molar-refractivity contribution in [1.29, 1.82) is 0 Å². The molecule has 0 aromatic rings. The Labute approximate surface area is 49.1 Å². The van der Waals surface area contributed by atoms with E-state index in [1.807, 2.05) is 0 Å². The summed E-state index contributed by atoms with van der Waals surface area (Å²) in [6.45, 7) is 0.225. The van der Waals surface area contributed by atoms with Gasteiger partial charge in [0.1, 0.15) is 0 Å². The summed E-state index contributed by atoms with van der Waals surface area (Å²) in [6.07, 6.45) is 1.17. The van der Waals surface area contributed by atoms with Crippen LogP contribution in [0.1, 0.15) is 12.8 Å². The third-order valence-electron chi connectivity index (χ3n) is 1.000. The average molecular weight is 119 g/mol. The molecule has 0 aliphatic rings. The molecule has 0 heterocycles. The van der Waals surface area contributed by atoms with E-state index in [1.54, 1.807) is 0 Å². The monoisotopic (exact) mass is 119 g/mol. The van der Waals surface area contributed by atoms with Crippen molar-refractivity contribution in [2.75, 3.05) is 13.2 Å². The molecule has 0 rings (SSSR count). The molecule has 0 spiro atoms. The Morgan fingerprint density at radius 2 is 1.50 bits per heavy atom. The van der Waals surface area contributed by atoms with Crippen LogP contribution in [-0.4, -0.2) is 29.5 Å². The Balaban J connectivity index is 2.92. The van der Waals surface area contributed by atoms with Crippen molar-refractivity contribution >= 4 is 0 Å². The fourth-order valence-electron chi connectivity index (χ4n) is 0.476. The third-order valence-corrected chi connectivity index (χ3v) is 1.000. The van der Waals surface area contributed by atoms with Crippen molar-refractivity contribution in [3.05, 3.63) is 0 Å². The van der Waals surface area contributed by atoms with Gasteiger partial charge in [-0.3, -0.25) is 0 Å². The maximum absolute atomic E-state index is 8.30. The summed E-state index contributed by atoms with van der Waals surface area (Å²) in [5.74, 6) is 0. The van der Waals surface area contributed by atoms with Crippen molar-refractivity contribution in [3.63, 3.8) is 0 Å². The molecule has 3 nitrogen and oxygen atoms in total. The smallest absolute Gasteiger partial charge is 0.0445 e. The lowest BCUT2D eigenvalue weighted by Crippen LogP contribution is -2.22. The highest BCUT2D eigenvalue weighted by Crippen LogP contribution is 1.90. The molecule has 0 aromatic heterocycles. The Bertz CT molecular complexity index is 43.7. The van der Waals surface area contributed by atoms with Crippen molar-refractivity contribution < 1.29 is 10.2 Å². The predicted octanol–water partition coefficient (Wildman–Crippen LogP) is -0.922. The van der Waals surface area contributed by atoms with Gasteiger partial charge < -0.3 is 15.9 Å². The first-order valence-electron chi connectivity index (χ1n) is 2.78. The molecule has 0 amide bonds. The van der Waals surface area contributed by atoms with E-state index in [-0.39, 0.29) is 19.3 Å². The van der Waals surface area contributed by atoms with Crippen molar-refractivity contribution in [3.8, 4) is 0 Å². The van der Waals surface area contributed by atoms with Crippen molar-refractivity contribution in [2.45, 2.75) is 18.9 Å². The van der Waals surface area contributed by atoms with Gasteiger partial charge in [-0.05, 0) is 12.8 Å². The van der Waals surface area contributed by atoms with E-state index in [9.17, 15) is 0 Å². The molecule has 0 radical (unpaired) electrons. The summed E-state index contributed by atoms with van der Waals surface area (Å²) >= 11 is 0. The van der Waals surface area contributed by atoms with Crippen LogP contribution in [0, 0.1) is 0 Å². The molecule has 0 bridgehead atoms. The summed E-state index contributed by atoms with van der Waals surface area (Å²) in [5.41, 5.74) is 5.37. The topological polar surface area (TPSA) is 66.5 Å². The van der Waals surface area contributed by atoms with Crippen LogP contribution < -0.4 is 5.73 Å². The minimum Gasteiger partial charge on any atom is -0.396 e. The first kappa shape index (κ1) is 7.88. The van der Waals surface area contributed by atoms with Crippen LogP contribution in [0.4, 0.5) is 0 Å². The first-order valence-corrected chi connectivity index (χ1v) is 2.78. The van der Waals surface area contributed by atoms with E-state index < -0.39 is 0 Å². The van der Waals surface area contributed by atoms with Gasteiger partial charge in [0.05, 0.1) is 0 Å². The Kier molecular flexibility index (Phi) is 4.95. The standard InChI is InChI=1S/C5H13NO2/c6-5(1-3-7)2-4-8/h5,7-8H,1-4,6H2. The number of aliphatic hydroxyl groups excluding tert-OH is 2. The van der Waals surface area contributed by atoms with E-state index in [0.29, 0.717) is 12.8 Å². The third kappa shape index (κ3) is 4.05. The van der Waals surface area contributed by atoms with Gasteiger partial charge in [-0.2, -0.15) is 0 Å². The van der Waals surface area contributed by atoms with E-state index in [1.165, 1.54) is 0 Å². The lowest BCUT2D eigenvalue weighted by molar-refractivity contribution is 0.242. The molecule has 0 saturated carbocycles. The lowest BCUT2D eigenvalue weighted by Gasteiger charge is -2.05. The minimum absolute atomic E-state index is 0.0370. The van der Waals surface area contributed by atoms with Crippen LogP contribution in [0.2, 0.25) is 0 Å². The highest BCUT2D eigenvalue weighted by molar-refractivity contribution is 4.57. The lowest BCUT2D eigenvalue weighted by atomic mass is 10.2. The highest BCUT2D eigenvalue weighted by Gasteiger charge is 1.97. The molecule has 0 fully saturated rings. The van der Waals surface area contributed by atoms with Crippen LogP contribution in [-0.2, 0) is 0 Å². The molecule has 0 saturated heterocycles. The normalized spacial score (nSPS) is 10.5. The maximum Gasteiger partial charge on any atom is 0.0445 e. The molecular formula is C5H13NO2. The average Bonchev–Trinajstić information content (AvgIpc) is 1.68. The Morgan fingerprint density at radius 1 is 1.12 bits per heavy atom. The fourth-order valence-corrected chi connectivity index (χ4v) is 0.476.